The highest BCUT2D eigenvalue weighted by molar-refractivity contribution is 9.10. The first-order valence-electron chi connectivity index (χ1n) is 3.90. The third-order valence-corrected chi connectivity index (χ3v) is 2.13. The van der Waals surface area contributed by atoms with E-state index in [0.717, 1.165) is 10.2 Å². The molecule has 0 aliphatic heterocycles. The van der Waals surface area contributed by atoms with Crippen LogP contribution in [0.3, 0.4) is 0 Å². The molecule has 14 heavy (non-hydrogen) atoms. The van der Waals surface area contributed by atoms with Crippen molar-refractivity contribution in [3.05, 3.63) is 28.7 Å². The number of hydrogen-bond acceptors (Lipinski definition) is 2. The van der Waals surface area contributed by atoms with Crippen molar-refractivity contribution in [2.24, 2.45) is 0 Å². The molecule has 0 unspecified atom stereocenters. The third-order valence-electron chi connectivity index (χ3n) is 1.44. The van der Waals surface area contributed by atoms with Crippen LogP contribution in [0.25, 0.3) is 0 Å². The average molecular weight is 254 g/mol. The number of para-hydroxylation sites is 1. The van der Waals surface area contributed by atoms with Gasteiger partial charge >= 0.3 is 5.97 Å². The second-order valence-electron chi connectivity index (χ2n) is 2.44. The molecule has 0 spiro atoms. The molecular weight excluding hydrogens is 246 g/mol. The normalized spacial score (nSPS) is 8.64. The molecule has 1 aromatic rings. The molecule has 0 fully saturated rings. The van der Waals surface area contributed by atoms with Crippen LogP contribution >= 0.6 is 15.9 Å². The van der Waals surface area contributed by atoms with Crippen molar-refractivity contribution in [2.75, 3.05) is 11.9 Å². The summed E-state index contributed by atoms with van der Waals surface area (Å²) in [5.41, 5.74) is 0.896. The maximum atomic E-state index is 10.1. The summed E-state index contributed by atoms with van der Waals surface area (Å²) in [5, 5.41) is 11.2. The summed E-state index contributed by atoms with van der Waals surface area (Å²) < 4.78 is 0.928. The van der Waals surface area contributed by atoms with Gasteiger partial charge in [-0.2, -0.15) is 0 Å². The van der Waals surface area contributed by atoms with Gasteiger partial charge in [0.05, 0.1) is 6.54 Å². The van der Waals surface area contributed by atoms with Gasteiger partial charge in [0.15, 0.2) is 0 Å². The zero-order chi connectivity index (χ0) is 10.4. The van der Waals surface area contributed by atoms with Gasteiger partial charge in [-0.05, 0) is 28.1 Å². The molecule has 0 saturated carbocycles. The first-order chi connectivity index (χ1) is 6.70. The summed E-state index contributed by atoms with van der Waals surface area (Å²) in [7, 11) is 0. The maximum absolute atomic E-state index is 10.1. The van der Waals surface area contributed by atoms with Gasteiger partial charge in [-0.15, -0.1) is 0 Å². The molecule has 4 heteroatoms. The van der Waals surface area contributed by atoms with Gasteiger partial charge in [0, 0.05) is 16.1 Å². The number of carboxylic acid groups (broad SMARTS) is 1. The Bertz CT molecular complexity index is 393. The summed E-state index contributed by atoms with van der Waals surface area (Å²) in [6, 6.07) is 7.56. The Morgan fingerprint density at radius 1 is 1.50 bits per heavy atom. The Hall–Kier alpha value is -1.47. The Balaban J connectivity index is 2.52. The minimum atomic E-state index is -1.11. The SMILES string of the molecule is O=C(O)C#CCNc1ccccc1Br. The Morgan fingerprint density at radius 3 is 2.86 bits per heavy atom. The minimum absolute atomic E-state index is 0.314. The van der Waals surface area contributed by atoms with Crippen LogP contribution in [0.4, 0.5) is 5.69 Å². The molecule has 0 saturated heterocycles. The predicted molar refractivity (Wildman–Crippen MR) is 58.0 cm³/mol. The lowest BCUT2D eigenvalue weighted by molar-refractivity contribution is -0.130. The Kier molecular flexibility index (Phi) is 4.02. The first kappa shape index (κ1) is 10.6. The van der Waals surface area contributed by atoms with Gasteiger partial charge in [-0.1, -0.05) is 18.1 Å². The average Bonchev–Trinajstić information content (AvgIpc) is 2.15. The van der Waals surface area contributed by atoms with Crippen LogP contribution < -0.4 is 5.32 Å². The fourth-order valence-corrected chi connectivity index (χ4v) is 1.29. The highest BCUT2D eigenvalue weighted by Gasteiger charge is 1.94. The lowest BCUT2D eigenvalue weighted by Gasteiger charge is -2.03. The van der Waals surface area contributed by atoms with E-state index in [1.54, 1.807) is 0 Å². The molecule has 72 valence electrons. The molecule has 0 radical (unpaired) electrons. The molecule has 0 aromatic heterocycles. The van der Waals surface area contributed by atoms with E-state index in [2.05, 4.69) is 27.2 Å². The number of anilines is 1. The van der Waals surface area contributed by atoms with E-state index >= 15 is 0 Å². The topological polar surface area (TPSA) is 49.3 Å². The van der Waals surface area contributed by atoms with Crippen molar-refractivity contribution < 1.29 is 9.90 Å². The van der Waals surface area contributed by atoms with E-state index < -0.39 is 5.97 Å². The van der Waals surface area contributed by atoms with Crippen LogP contribution in [0.1, 0.15) is 0 Å². The maximum Gasteiger partial charge on any atom is 0.381 e. The lowest BCUT2D eigenvalue weighted by Crippen LogP contribution is -2.00. The van der Waals surface area contributed by atoms with E-state index in [4.69, 9.17) is 5.11 Å². The molecule has 1 aromatic carbocycles. The van der Waals surface area contributed by atoms with Crippen molar-refractivity contribution >= 4 is 27.6 Å². The zero-order valence-electron chi connectivity index (χ0n) is 7.25. The molecule has 2 N–H and O–H groups in total. The van der Waals surface area contributed by atoms with Gasteiger partial charge < -0.3 is 10.4 Å². The van der Waals surface area contributed by atoms with E-state index in [0.29, 0.717) is 6.54 Å². The van der Waals surface area contributed by atoms with Crippen molar-refractivity contribution in [1.29, 1.82) is 0 Å². The smallest absolute Gasteiger partial charge is 0.381 e. The summed E-state index contributed by atoms with van der Waals surface area (Å²) >= 11 is 3.35. The van der Waals surface area contributed by atoms with E-state index in [1.165, 1.54) is 0 Å². The second kappa shape index (κ2) is 5.30. The van der Waals surface area contributed by atoms with E-state index in [9.17, 15) is 4.79 Å². The number of aliphatic carboxylic acids is 1. The number of nitrogens with one attached hydrogen (secondary N) is 1. The second-order valence-corrected chi connectivity index (χ2v) is 3.29. The number of benzene rings is 1. The lowest BCUT2D eigenvalue weighted by atomic mass is 10.3. The standard InChI is InChI=1S/C10H8BrNO2/c11-8-4-1-2-5-9(8)12-7-3-6-10(13)14/h1-2,4-5,12H,7H2,(H,13,14). The summed E-state index contributed by atoms with van der Waals surface area (Å²) in [6.45, 7) is 0.314. The van der Waals surface area contributed by atoms with Gasteiger partial charge in [0.25, 0.3) is 0 Å². The number of rotatable bonds is 2. The van der Waals surface area contributed by atoms with Crippen LogP contribution in [0.2, 0.25) is 0 Å². The van der Waals surface area contributed by atoms with Gasteiger partial charge in [0.2, 0.25) is 0 Å². The number of carbonyl (C=O) groups is 1. The van der Waals surface area contributed by atoms with E-state index in [-0.39, 0.29) is 0 Å². The number of carboxylic acids is 1. The number of hydrogen-bond donors (Lipinski definition) is 2. The molecule has 0 atom stereocenters. The zero-order valence-corrected chi connectivity index (χ0v) is 8.84. The summed E-state index contributed by atoms with van der Waals surface area (Å²) in [6.07, 6.45) is 0. The first-order valence-corrected chi connectivity index (χ1v) is 4.69. The van der Waals surface area contributed by atoms with Crippen LogP contribution in [-0.4, -0.2) is 17.6 Å². The highest BCUT2D eigenvalue weighted by Crippen LogP contribution is 2.20. The third kappa shape index (κ3) is 3.50. The van der Waals surface area contributed by atoms with Crippen LogP contribution in [-0.2, 0) is 4.79 Å². The predicted octanol–water partition coefficient (Wildman–Crippen LogP) is 1.95. The molecule has 3 nitrogen and oxygen atoms in total. The monoisotopic (exact) mass is 253 g/mol. The minimum Gasteiger partial charge on any atom is -0.472 e. The highest BCUT2D eigenvalue weighted by atomic mass is 79.9. The van der Waals surface area contributed by atoms with Gasteiger partial charge in [-0.3, -0.25) is 0 Å². The molecule has 0 heterocycles. The molecular formula is C10H8BrNO2. The Labute approximate surface area is 90.3 Å². The van der Waals surface area contributed by atoms with Gasteiger partial charge in [-0.25, -0.2) is 4.79 Å². The largest absolute Gasteiger partial charge is 0.472 e. The van der Waals surface area contributed by atoms with E-state index in [1.807, 2.05) is 30.2 Å². The molecule has 1 rings (SSSR count). The van der Waals surface area contributed by atoms with Crippen molar-refractivity contribution in [1.82, 2.24) is 0 Å². The fraction of sp³-hybridized carbons (Fsp3) is 0.100. The molecule has 0 aliphatic rings. The Morgan fingerprint density at radius 2 is 2.21 bits per heavy atom. The summed E-state index contributed by atoms with van der Waals surface area (Å²) in [4.78, 5) is 10.1. The van der Waals surface area contributed by atoms with Crippen molar-refractivity contribution in [3.8, 4) is 11.8 Å². The van der Waals surface area contributed by atoms with Gasteiger partial charge in [0.1, 0.15) is 0 Å². The quantitative estimate of drug-likeness (QED) is 0.793. The molecule has 0 amide bonds. The summed E-state index contributed by atoms with van der Waals surface area (Å²) in [5.74, 6) is 3.39. The van der Waals surface area contributed by atoms with Crippen LogP contribution in [0.15, 0.2) is 28.7 Å². The van der Waals surface area contributed by atoms with Crippen LogP contribution in [0, 0.1) is 11.8 Å². The molecule has 0 aliphatic carbocycles. The van der Waals surface area contributed by atoms with Crippen LogP contribution in [0.5, 0.6) is 0 Å². The van der Waals surface area contributed by atoms with Crippen molar-refractivity contribution in [3.63, 3.8) is 0 Å². The fourth-order valence-electron chi connectivity index (χ4n) is 0.864. The molecule has 0 bridgehead atoms. The van der Waals surface area contributed by atoms with Crippen molar-refractivity contribution in [2.45, 2.75) is 0 Å². The number of halogens is 1.